The van der Waals surface area contributed by atoms with Crippen LogP contribution < -0.4 is 4.90 Å². The Morgan fingerprint density at radius 1 is 0.889 bits per heavy atom. The number of anilines is 1. The number of carbonyl (C=O) groups excluding carboxylic acids is 1. The van der Waals surface area contributed by atoms with Crippen molar-refractivity contribution in [3.63, 3.8) is 0 Å². The lowest BCUT2D eigenvalue weighted by Crippen LogP contribution is -2.65. The summed E-state index contributed by atoms with van der Waals surface area (Å²) in [6.07, 6.45) is 13.8. The first kappa shape index (κ1) is 16.3. The molecule has 2 aromatic carbocycles. The van der Waals surface area contributed by atoms with Crippen LogP contribution in [0, 0.1) is 11.8 Å². The first-order valence-electron chi connectivity index (χ1n) is 9.82. The maximum Gasteiger partial charge on any atom is 0.233 e. The second kappa shape index (κ2) is 6.38. The molecule has 27 heavy (non-hydrogen) atoms. The fourth-order valence-corrected chi connectivity index (χ4v) is 4.99. The van der Waals surface area contributed by atoms with Gasteiger partial charge in [0.05, 0.1) is 11.5 Å². The number of para-hydroxylation sites is 1. The highest BCUT2D eigenvalue weighted by atomic mass is 16.2. The quantitative estimate of drug-likeness (QED) is 0.685. The molecular formula is C25H23NO. The van der Waals surface area contributed by atoms with Crippen LogP contribution in [0.3, 0.4) is 0 Å². The minimum absolute atomic E-state index is 0.0915. The van der Waals surface area contributed by atoms with Gasteiger partial charge in [-0.25, -0.2) is 0 Å². The Hall–Kier alpha value is -2.87. The van der Waals surface area contributed by atoms with Crippen molar-refractivity contribution in [1.82, 2.24) is 0 Å². The molecular weight excluding hydrogens is 330 g/mol. The summed E-state index contributed by atoms with van der Waals surface area (Å²) in [4.78, 5) is 15.2. The molecule has 2 heteroatoms. The minimum atomic E-state index is -0.129. The lowest BCUT2D eigenvalue weighted by Gasteiger charge is -2.49. The van der Waals surface area contributed by atoms with E-state index in [1.807, 2.05) is 18.2 Å². The zero-order chi connectivity index (χ0) is 18.3. The van der Waals surface area contributed by atoms with E-state index in [0.29, 0.717) is 5.92 Å². The Morgan fingerprint density at radius 3 is 2.41 bits per heavy atom. The third-order valence-corrected chi connectivity index (χ3v) is 6.23. The average molecular weight is 353 g/mol. The van der Waals surface area contributed by atoms with Crippen LogP contribution in [0.5, 0.6) is 0 Å². The Balaban J connectivity index is 1.40. The van der Waals surface area contributed by atoms with Crippen molar-refractivity contribution in [3.8, 4) is 0 Å². The smallest absolute Gasteiger partial charge is 0.233 e. The molecule has 3 aliphatic rings. The molecule has 1 heterocycles. The van der Waals surface area contributed by atoms with Crippen molar-refractivity contribution in [3.05, 3.63) is 102 Å². The summed E-state index contributed by atoms with van der Waals surface area (Å²) in [5.74, 6) is 0.724. The molecule has 1 saturated carbocycles. The van der Waals surface area contributed by atoms with Gasteiger partial charge in [-0.05, 0) is 42.5 Å². The summed E-state index contributed by atoms with van der Waals surface area (Å²) in [6, 6.07) is 20.7. The van der Waals surface area contributed by atoms with E-state index in [9.17, 15) is 4.79 Å². The van der Waals surface area contributed by atoms with Gasteiger partial charge in [-0.2, -0.15) is 0 Å². The van der Waals surface area contributed by atoms with Crippen LogP contribution >= 0.6 is 0 Å². The molecule has 2 nitrogen and oxygen atoms in total. The number of rotatable bonds is 5. The molecule has 0 radical (unpaired) electrons. The topological polar surface area (TPSA) is 20.3 Å². The molecule has 2 aromatic rings. The van der Waals surface area contributed by atoms with E-state index in [1.54, 1.807) is 0 Å². The predicted molar refractivity (Wildman–Crippen MR) is 109 cm³/mol. The number of benzene rings is 2. The monoisotopic (exact) mass is 353 g/mol. The number of fused-ring (bicyclic) bond motifs is 3. The van der Waals surface area contributed by atoms with Crippen molar-refractivity contribution in [2.24, 2.45) is 11.8 Å². The Morgan fingerprint density at radius 2 is 1.63 bits per heavy atom. The van der Waals surface area contributed by atoms with Crippen molar-refractivity contribution in [2.75, 3.05) is 4.90 Å². The molecule has 2 aliphatic carbocycles. The number of aryl methyl sites for hydroxylation is 1. The van der Waals surface area contributed by atoms with E-state index in [4.69, 9.17) is 0 Å². The first-order chi connectivity index (χ1) is 13.3. The lowest BCUT2D eigenvalue weighted by molar-refractivity contribution is -0.131. The van der Waals surface area contributed by atoms with Gasteiger partial charge in [0.25, 0.3) is 0 Å². The van der Waals surface area contributed by atoms with Gasteiger partial charge in [-0.3, -0.25) is 4.79 Å². The minimum Gasteiger partial charge on any atom is -0.300 e. The molecule has 134 valence electrons. The lowest BCUT2D eigenvalue weighted by atomic mass is 9.77. The van der Waals surface area contributed by atoms with Gasteiger partial charge in [0, 0.05) is 11.6 Å². The number of allylic oxidation sites excluding steroid dienone is 4. The molecule has 1 spiro atoms. The molecule has 0 N–H and O–H groups in total. The molecule has 0 bridgehead atoms. The third-order valence-electron chi connectivity index (χ3n) is 6.23. The molecule has 1 amide bonds. The molecule has 3 unspecified atom stereocenters. The maximum absolute atomic E-state index is 13.1. The molecule has 0 aromatic heterocycles. The second-order valence-electron chi connectivity index (χ2n) is 7.63. The van der Waals surface area contributed by atoms with Gasteiger partial charge in [0.15, 0.2) is 0 Å². The SMILES string of the molecule is O=C1C(CCCc2ccccc2)C2(C3=CC=CC=CC32)N1c1ccccc1. The van der Waals surface area contributed by atoms with Crippen LogP contribution in [-0.2, 0) is 11.2 Å². The van der Waals surface area contributed by atoms with Crippen molar-refractivity contribution < 1.29 is 4.79 Å². The highest BCUT2D eigenvalue weighted by Gasteiger charge is 2.76. The van der Waals surface area contributed by atoms with E-state index in [1.165, 1.54) is 11.1 Å². The van der Waals surface area contributed by atoms with E-state index < -0.39 is 0 Å². The normalized spacial score (nSPS) is 27.8. The van der Waals surface area contributed by atoms with Gasteiger partial charge in [0.2, 0.25) is 5.91 Å². The van der Waals surface area contributed by atoms with Crippen molar-refractivity contribution in [2.45, 2.75) is 24.8 Å². The first-order valence-corrected chi connectivity index (χ1v) is 9.82. The van der Waals surface area contributed by atoms with Gasteiger partial charge < -0.3 is 4.90 Å². The van der Waals surface area contributed by atoms with Crippen LogP contribution in [0.25, 0.3) is 0 Å². The van der Waals surface area contributed by atoms with E-state index >= 15 is 0 Å². The molecule has 2 fully saturated rings. The number of hydrogen-bond acceptors (Lipinski definition) is 1. The van der Waals surface area contributed by atoms with Gasteiger partial charge in [-0.15, -0.1) is 0 Å². The largest absolute Gasteiger partial charge is 0.300 e. The van der Waals surface area contributed by atoms with E-state index in [-0.39, 0.29) is 17.4 Å². The van der Waals surface area contributed by atoms with Gasteiger partial charge >= 0.3 is 0 Å². The summed E-state index contributed by atoms with van der Waals surface area (Å²) in [7, 11) is 0. The summed E-state index contributed by atoms with van der Waals surface area (Å²) in [5.41, 5.74) is 3.63. The maximum atomic E-state index is 13.1. The third kappa shape index (κ3) is 2.43. The van der Waals surface area contributed by atoms with Gasteiger partial charge in [-0.1, -0.05) is 78.9 Å². The standard InChI is InChI=1S/C25H23NO/c27-24-23(18-10-13-19-11-4-1-5-12-19)25(21-16-8-3-9-17-22(21)25)26(24)20-14-6-2-7-15-20/h1-9,11-12,14-17,21,23H,10,13,18H2. The summed E-state index contributed by atoms with van der Waals surface area (Å²) >= 11 is 0. The zero-order valence-corrected chi connectivity index (χ0v) is 15.3. The fourth-order valence-electron chi connectivity index (χ4n) is 4.99. The average Bonchev–Trinajstić information content (AvgIpc) is 3.41. The van der Waals surface area contributed by atoms with E-state index in [2.05, 4.69) is 77.7 Å². The fraction of sp³-hybridized carbons (Fsp3) is 0.240. The number of hydrogen-bond donors (Lipinski definition) is 0. The summed E-state index contributed by atoms with van der Waals surface area (Å²) < 4.78 is 0. The van der Waals surface area contributed by atoms with Crippen LogP contribution in [0.15, 0.2) is 96.6 Å². The van der Waals surface area contributed by atoms with Crippen LogP contribution in [0.1, 0.15) is 18.4 Å². The summed E-state index contributed by atoms with van der Waals surface area (Å²) in [6.45, 7) is 0. The van der Waals surface area contributed by atoms with Crippen LogP contribution in [0.4, 0.5) is 5.69 Å². The highest BCUT2D eigenvalue weighted by molar-refractivity contribution is 6.09. The molecule has 5 rings (SSSR count). The zero-order valence-electron chi connectivity index (χ0n) is 15.3. The molecule has 1 aliphatic heterocycles. The highest BCUT2D eigenvalue weighted by Crippen LogP contribution is 2.67. The summed E-state index contributed by atoms with van der Waals surface area (Å²) in [5, 5.41) is 0. The number of nitrogens with zero attached hydrogens (tertiary/aromatic N) is 1. The van der Waals surface area contributed by atoms with Gasteiger partial charge in [0.1, 0.15) is 0 Å². The Labute approximate surface area is 160 Å². The second-order valence-corrected chi connectivity index (χ2v) is 7.63. The number of amides is 1. The van der Waals surface area contributed by atoms with Crippen LogP contribution in [-0.4, -0.2) is 11.4 Å². The molecule has 3 atom stereocenters. The predicted octanol–water partition coefficient (Wildman–Crippen LogP) is 5.09. The Bertz CT molecular complexity index is 941. The van der Waals surface area contributed by atoms with Crippen molar-refractivity contribution in [1.29, 1.82) is 0 Å². The molecule has 1 saturated heterocycles. The van der Waals surface area contributed by atoms with Crippen molar-refractivity contribution >= 4 is 11.6 Å². The van der Waals surface area contributed by atoms with E-state index in [0.717, 1.165) is 24.9 Å². The Kier molecular flexibility index (Phi) is 3.86. The number of carbonyl (C=O) groups is 1. The van der Waals surface area contributed by atoms with Crippen LogP contribution in [0.2, 0.25) is 0 Å². The number of β-lactam (4-membered cyclic amide) rings is 1.